The summed E-state index contributed by atoms with van der Waals surface area (Å²) in [6, 6.07) is 2.55. The zero-order valence-corrected chi connectivity index (χ0v) is 19.0. The summed E-state index contributed by atoms with van der Waals surface area (Å²) < 4.78 is 11.0. The number of nitrogens with one attached hydrogen (secondary N) is 1. The minimum atomic E-state index is -0.372. The van der Waals surface area contributed by atoms with Crippen molar-refractivity contribution in [3.05, 3.63) is 35.8 Å². The van der Waals surface area contributed by atoms with Gasteiger partial charge in [-0.1, -0.05) is 39.3 Å². The number of fused-ring (bicyclic) bond motifs is 1. The lowest BCUT2D eigenvalue weighted by Gasteiger charge is -2.57. The molecule has 4 heteroatoms. The molecule has 0 spiro atoms. The summed E-state index contributed by atoms with van der Waals surface area (Å²) in [4.78, 5) is 12.7. The Balaban J connectivity index is 1.78. The lowest BCUT2D eigenvalue weighted by Crippen LogP contribution is -2.53. The van der Waals surface area contributed by atoms with Crippen LogP contribution < -0.4 is 5.32 Å². The first-order valence-corrected chi connectivity index (χ1v) is 11.3. The van der Waals surface area contributed by atoms with Crippen molar-refractivity contribution < 1.29 is 13.9 Å². The van der Waals surface area contributed by atoms with E-state index in [0.29, 0.717) is 17.9 Å². The van der Waals surface area contributed by atoms with Gasteiger partial charge in [0.1, 0.15) is 5.76 Å². The summed E-state index contributed by atoms with van der Waals surface area (Å²) in [7, 11) is 1.53. The Morgan fingerprint density at radius 1 is 1.38 bits per heavy atom. The second kappa shape index (κ2) is 8.67. The molecule has 162 valence electrons. The van der Waals surface area contributed by atoms with Crippen LogP contribution in [0.1, 0.15) is 77.5 Å². The first kappa shape index (κ1) is 22.1. The molecule has 2 aliphatic rings. The lowest BCUT2D eigenvalue weighted by molar-refractivity contribution is -0.168. The van der Waals surface area contributed by atoms with Crippen LogP contribution in [0.5, 0.6) is 0 Å². The number of hydrogen-bond donors (Lipinski definition) is 1. The van der Waals surface area contributed by atoms with Crippen molar-refractivity contribution >= 4 is 5.97 Å². The van der Waals surface area contributed by atoms with Crippen LogP contribution in [-0.4, -0.2) is 19.1 Å². The number of esters is 1. The van der Waals surface area contributed by atoms with Crippen LogP contribution in [0.15, 0.2) is 28.9 Å². The third kappa shape index (κ3) is 4.19. The van der Waals surface area contributed by atoms with Crippen molar-refractivity contribution in [1.29, 1.82) is 0 Å². The summed E-state index contributed by atoms with van der Waals surface area (Å²) in [6.45, 7) is 14.1. The molecule has 0 unspecified atom stereocenters. The Hall–Kier alpha value is -1.55. The highest BCUT2D eigenvalue weighted by Gasteiger charge is 2.57. The maximum atomic E-state index is 12.7. The number of carbonyl (C=O) groups excluding carboxylic acids is 1. The second-order valence-corrected chi connectivity index (χ2v) is 10.0. The molecule has 4 atom stereocenters. The molecule has 0 aromatic carbocycles. The van der Waals surface area contributed by atoms with Crippen molar-refractivity contribution in [3.8, 4) is 0 Å². The van der Waals surface area contributed by atoms with E-state index in [1.165, 1.54) is 24.7 Å². The molecule has 0 amide bonds. The van der Waals surface area contributed by atoms with Gasteiger partial charge in [-0.25, -0.2) is 0 Å². The maximum absolute atomic E-state index is 12.7. The molecule has 1 aromatic heterocycles. The zero-order chi connectivity index (χ0) is 21.2. The molecule has 0 radical (unpaired) electrons. The Morgan fingerprint density at radius 3 is 2.83 bits per heavy atom. The number of aryl methyl sites for hydroxylation is 1. The van der Waals surface area contributed by atoms with Crippen LogP contribution in [-0.2, 0) is 22.5 Å². The fraction of sp³-hybridized carbons (Fsp3) is 0.720. The number of furan rings is 1. The molecule has 1 heterocycles. The molecule has 4 nitrogen and oxygen atoms in total. The van der Waals surface area contributed by atoms with Crippen LogP contribution in [0.25, 0.3) is 0 Å². The largest absolute Gasteiger partial charge is 0.469 e. The first-order chi connectivity index (χ1) is 13.7. The van der Waals surface area contributed by atoms with E-state index < -0.39 is 0 Å². The van der Waals surface area contributed by atoms with Crippen molar-refractivity contribution in [3.63, 3.8) is 0 Å². The molecule has 2 saturated carbocycles. The normalized spacial score (nSPS) is 32.3. The van der Waals surface area contributed by atoms with Gasteiger partial charge in [0.2, 0.25) is 0 Å². The van der Waals surface area contributed by atoms with Crippen molar-refractivity contribution in [2.75, 3.05) is 7.11 Å². The quantitative estimate of drug-likeness (QED) is 0.473. The molecule has 29 heavy (non-hydrogen) atoms. The van der Waals surface area contributed by atoms with E-state index in [1.807, 2.05) is 6.26 Å². The monoisotopic (exact) mass is 401 g/mol. The number of rotatable bonds is 7. The van der Waals surface area contributed by atoms with Gasteiger partial charge in [-0.05, 0) is 74.3 Å². The summed E-state index contributed by atoms with van der Waals surface area (Å²) in [5, 5.41) is 3.45. The highest BCUT2D eigenvalue weighted by atomic mass is 16.5. The molecule has 1 N–H and O–H groups in total. The molecular weight excluding hydrogens is 362 g/mol. The molecule has 0 aliphatic heterocycles. The fourth-order valence-corrected chi connectivity index (χ4v) is 6.30. The van der Waals surface area contributed by atoms with Crippen molar-refractivity contribution in [2.45, 2.75) is 85.2 Å². The van der Waals surface area contributed by atoms with E-state index >= 15 is 0 Å². The number of methoxy groups -OCH3 is 1. The van der Waals surface area contributed by atoms with Gasteiger partial charge in [-0.15, -0.1) is 0 Å². The highest BCUT2D eigenvalue weighted by Crippen LogP contribution is 2.62. The third-order valence-electron chi connectivity index (χ3n) is 7.88. The number of allylic oxidation sites excluding steroid dienone is 1. The smallest absolute Gasteiger partial charge is 0.311 e. The highest BCUT2D eigenvalue weighted by molar-refractivity contribution is 5.77. The van der Waals surface area contributed by atoms with Gasteiger partial charge in [-0.3, -0.25) is 4.79 Å². The van der Waals surface area contributed by atoms with Crippen molar-refractivity contribution in [1.82, 2.24) is 5.32 Å². The predicted molar refractivity (Wildman–Crippen MR) is 116 cm³/mol. The van der Waals surface area contributed by atoms with Crippen molar-refractivity contribution in [2.24, 2.45) is 22.7 Å². The molecule has 0 saturated heterocycles. The Morgan fingerprint density at radius 2 is 2.14 bits per heavy atom. The molecular formula is C25H39NO3. The summed E-state index contributed by atoms with van der Waals surface area (Å²) >= 11 is 0. The van der Waals surface area contributed by atoms with Crippen LogP contribution in [0.2, 0.25) is 0 Å². The van der Waals surface area contributed by atoms with Crippen LogP contribution in [0.4, 0.5) is 0 Å². The topological polar surface area (TPSA) is 51.5 Å². The maximum Gasteiger partial charge on any atom is 0.311 e. The van der Waals surface area contributed by atoms with Gasteiger partial charge in [-0.2, -0.15) is 0 Å². The zero-order valence-electron chi connectivity index (χ0n) is 19.0. The Labute approximate surface area is 176 Å². The Bertz CT molecular complexity index is 736. The molecule has 0 bridgehead atoms. The molecule has 3 rings (SSSR count). The van der Waals surface area contributed by atoms with E-state index in [4.69, 9.17) is 9.15 Å². The first-order valence-electron chi connectivity index (χ1n) is 11.3. The average molecular weight is 402 g/mol. The van der Waals surface area contributed by atoms with Gasteiger partial charge < -0.3 is 14.5 Å². The molecule has 2 fully saturated rings. The second-order valence-electron chi connectivity index (χ2n) is 10.0. The summed E-state index contributed by atoms with van der Waals surface area (Å²) in [5.74, 6) is 1.81. The van der Waals surface area contributed by atoms with Gasteiger partial charge in [0.15, 0.2) is 0 Å². The van der Waals surface area contributed by atoms with Gasteiger partial charge >= 0.3 is 5.97 Å². The van der Waals surface area contributed by atoms with E-state index in [-0.39, 0.29) is 16.8 Å². The van der Waals surface area contributed by atoms with E-state index in [1.54, 1.807) is 0 Å². The number of ether oxygens (including phenoxy) is 1. The summed E-state index contributed by atoms with van der Waals surface area (Å²) in [6.07, 6.45) is 9.12. The van der Waals surface area contributed by atoms with Crippen LogP contribution in [0, 0.1) is 22.7 Å². The van der Waals surface area contributed by atoms with Gasteiger partial charge in [0.25, 0.3) is 0 Å². The molecule has 1 aromatic rings. The van der Waals surface area contributed by atoms with Crippen LogP contribution in [0.3, 0.4) is 0 Å². The average Bonchev–Trinajstić information content (AvgIpc) is 3.12. The summed E-state index contributed by atoms with van der Waals surface area (Å²) in [5.41, 5.74) is 2.39. The number of carbonyl (C=O) groups is 1. The van der Waals surface area contributed by atoms with E-state index in [2.05, 4.69) is 45.7 Å². The SMILES string of the molecule is C=C1CC[C@H]2[C@](C)(CCC[C@]2(C)C(=O)OC)[C@@H]1CCc1ccoc1CNC(C)C. The third-order valence-corrected chi connectivity index (χ3v) is 7.88. The fourth-order valence-electron chi connectivity index (χ4n) is 6.30. The molecule has 2 aliphatic carbocycles. The minimum absolute atomic E-state index is 0.0310. The lowest BCUT2D eigenvalue weighted by atomic mass is 9.46. The van der Waals surface area contributed by atoms with Crippen LogP contribution >= 0.6 is 0 Å². The minimum Gasteiger partial charge on any atom is -0.469 e. The standard InChI is InChI=1S/C25H39NO3/c1-17(2)26-16-21-19(12-15-29-21)9-10-20-18(3)8-11-22-24(20,4)13-7-14-25(22,5)23(27)28-6/h12,15,17,20,22,26H,3,7-11,13-14,16H2,1-2,4-6H3/t20-,22+,24-,25+/m1/s1. The van der Waals surface area contributed by atoms with Gasteiger partial charge in [0, 0.05) is 6.04 Å². The van der Waals surface area contributed by atoms with Gasteiger partial charge in [0.05, 0.1) is 25.3 Å². The predicted octanol–water partition coefficient (Wildman–Crippen LogP) is 5.66. The van der Waals surface area contributed by atoms with E-state index in [9.17, 15) is 4.79 Å². The Kier molecular flexibility index (Phi) is 6.62. The van der Waals surface area contributed by atoms with E-state index in [0.717, 1.165) is 50.8 Å². The number of hydrogen-bond acceptors (Lipinski definition) is 4.